The molecule has 1 aromatic heterocycles. The molecule has 3 aromatic rings. The maximum absolute atomic E-state index is 15.0. The zero-order valence-electron chi connectivity index (χ0n) is 18.6. The van der Waals surface area contributed by atoms with E-state index in [9.17, 15) is 4.39 Å². The quantitative estimate of drug-likeness (QED) is 0.459. The second-order valence-corrected chi connectivity index (χ2v) is 8.14. The number of aromatic nitrogens is 2. The molecule has 4 rings (SSSR count). The molecule has 32 heavy (non-hydrogen) atoms. The topological polar surface area (TPSA) is 45.5 Å². The third kappa shape index (κ3) is 5.21. The lowest BCUT2D eigenvalue weighted by Gasteiger charge is -2.37. The highest BCUT2D eigenvalue weighted by atomic mass is 35.5. The Bertz CT molecular complexity index is 996. The summed E-state index contributed by atoms with van der Waals surface area (Å²) in [6.07, 6.45) is 3.67. The van der Waals surface area contributed by atoms with Gasteiger partial charge in [0.2, 0.25) is 0 Å². The summed E-state index contributed by atoms with van der Waals surface area (Å²) in [5.41, 5.74) is 2.31. The summed E-state index contributed by atoms with van der Waals surface area (Å²) in [7, 11) is 1.69. The first-order chi connectivity index (χ1) is 15.1. The Hall–Kier alpha value is -2.25. The van der Waals surface area contributed by atoms with Gasteiger partial charge >= 0.3 is 0 Å². The Balaban J connectivity index is 0.00000289. The standard InChI is InChI=1S/C25H29FN2O3.ClH/c1-17(2)25-27-12-13-28(25)21-10-9-18(15-20(21)26)16-31-24-22(29-3)11-14-30-23(24)19-7-5-4-6-8-19;/h4-10,12-13,15,17,22-24H,11,14,16H2,1-3H3;1H. The molecule has 2 aromatic carbocycles. The predicted octanol–water partition coefficient (Wildman–Crippen LogP) is 5.62. The molecule has 1 saturated heterocycles. The van der Waals surface area contributed by atoms with E-state index in [0.29, 0.717) is 12.3 Å². The largest absolute Gasteiger partial charge is 0.379 e. The van der Waals surface area contributed by atoms with E-state index >= 15 is 0 Å². The van der Waals surface area contributed by atoms with Crippen molar-refractivity contribution in [2.75, 3.05) is 13.7 Å². The van der Waals surface area contributed by atoms with Gasteiger partial charge in [0.05, 0.1) is 25.0 Å². The van der Waals surface area contributed by atoms with Crippen LogP contribution in [0.25, 0.3) is 5.69 Å². The molecule has 1 aliphatic heterocycles. The number of ether oxygens (including phenoxy) is 3. The van der Waals surface area contributed by atoms with Crippen LogP contribution >= 0.6 is 12.4 Å². The van der Waals surface area contributed by atoms with Gasteiger partial charge in [-0.2, -0.15) is 0 Å². The lowest BCUT2D eigenvalue weighted by atomic mass is 9.96. The fourth-order valence-electron chi connectivity index (χ4n) is 4.11. The van der Waals surface area contributed by atoms with E-state index in [1.54, 1.807) is 30.1 Å². The van der Waals surface area contributed by atoms with E-state index in [-0.39, 0.29) is 49.1 Å². The molecule has 0 saturated carbocycles. The van der Waals surface area contributed by atoms with Gasteiger partial charge in [-0.15, -0.1) is 12.4 Å². The van der Waals surface area contributed by atoms with Crippen LogP contribution in [0.15, 0.2) is 60.9 Å². The highest BCUT2D eigenvalue weighted by Gasteiger charge is 2.36. The average molecular weight is 461 g/mol. The molecule has 0 spiro atoms. The summed E-state index contributed by atoms with van der Waals surface area (Å²) in [6.45, 7) is 4.97. The Kier molecular flexibility index (Phi) is 8.43. The van der Waals surface area contributed by atoms with Gasteiger partial charge in [0.15, 0.2) is 0 Å². The summed E-state index contributed by atoms with van der Waals surface area (Å²) in [5, 5.41) is 0. The first kappa shape index (κ1) is 24.4. The monoisotopic (exact) mass is 460 g/mol. The molecule has 1 aliphatic rings. The number of benzene rings is 2. The van der Waals surface area contributed by atoms with Crippen LogP contribution in [0.2, 0.25) is 0 Å². The van der Waals surface area contributed by atoms with Crippen LogP contribution in [0, 0.1) is 5.82 Å². The van der Waals surface area contributed by atoms with Gasteiger partial charge in [0.1, 0.15) is 23.8 Å². The number of methoxy groups -OCH3 is 1. The summed E-state index contributed by atoms with van der Waals surface area (Å²) < 4.78 is 34.7. The van der Waals surface area contributed by atoms with Crippen molar-refractivity contribution in [3.8, 4) is 5.69 Å². The first-order valence-electron chi connectivity index (χ1n) is 10.7. The van der Waals surface area contributed by atoms with Crippen LogP contribution in [0.3, 0.4) is 0 Å². The molecule has 0 N–H and O–H groups in total. The second kappa shape index (κ2) is 11.1. The second-order valence-electron chi connectivity index (χ2n) is 8.14. The number of hydrogen-bond donors (Lipinski definition) is 0. The number of halogens is 2. The zero-order valence-corrected chi connectivity index (χ0v) is 19.4. The van der Waals surface area contributed by atoms with Crippen molar-refractivity contribution in [2.24, 2.45) is 0 Å². The van der Waals surface area contributed by atoms with Crippen molar-refractivity contribution in [3.63, 3.8) is 0 Å². The van der Waals surface area contributed by atoms with Gasteiger partial charge in [-0.05, 0) is 29.7 Å². The first-order valence-corrected chi connectivity index (χ1v) is 10.7. The van der Waals surface area contributed by atoms with Gasteiger partial charge in [-0.3, -0.25) is 0 Å². The maximum Gasteiger partial charge on any atom is 0.147 e. The summed E-state index contributed by atoms with van der Waals surface area (Å²) in [5.74, 6) is 0.726. The molecule has 2 heterocycles. The molecule has 0 radical (unpaired) electrons. The minimum Gasteiger partial charge on any atom is -0.379 e. The molecule has 0 amide bonds. The van der Waals surface area contributed by atoms with Gasteiger partial charge < -0.3 is 18.8 Å². The van der Waals surface area contributed by atoms with Gasteiger partial charge in [-0.25, -0.2) is 9.37 Å². The van der Waals surface area contributed by atoms with E-state index in [4.69, 9.17) is 14.2 Å². The van der Waals surface area contributed by atoms with Crippen LogP contribution < -0.4 is 0 Å². The molecule has 0 aliphatic carbocycles. The molecule has 5 nitrogen and oxygen atoms in total. The molecule has 1 fully saturated rings. The van der Waals surface area contributed by atoms with Gasteiger partial charge in [0.25, 0.3) is 0 Å². The van der Waals surface area contributed by atoms with Crippen LogP contribution in [0.1, 0.15) is 49.2 Å². The minimum atomic E-state index is -0.302. The molecule has 3 atom stereocenters. The highest BCUT2D eigenvalue weighted by Crippen LogP contribution is 2.33. The van der Waals surface area contributed by atoms with Crippen molar-refractivity contribution in [1.82, 2.24) is 9.55 Å². The van der Waals surface area contributed by atoms with Gasteiger partial charge in [-0.1, -0.05) is 50.2 Å². The van der Waals surface area contributed by atoms with E-state index in [0.717, 1.165) is 23.4 Å². The maximum atomic E-state index is 15.0. The summed E-state index contributed by atoms with van der Waals surface area (Å²) in [6, 6.07) is 15.2. The molecular formula is C25H30ClFN2O3. The minimum absolute atomic E-state index is 0. The van der Waals surface area contributed by atoms with Crippen molar-refractivity contribution in [2.45, 2.75) is 51.1 Å². The van der Waals surface area contributed by atoms with E-state index in [1.807, 2.05) is 50.2 Å². The molecule has 172 valence electrons. The molecule has 7 heteroatoms. The normalized spacial score (nSPS) is 20.8. The Labute approximate surface area is 194 Å². The lowest BCUT2D eigenvalue weighted by molar-refractivity contribution is -0.175. The van der Waals surface area contributed by atoms with Crippen LogP contribution in [0.4, 0.5) is 4.39 Å². The third-order valence-corrected chi connectivity index (χ3v) is 5.70. The smallest absolute Gasteiger partial charge is 0.147 e. The fraction of sp³-hybridized carbons (Fsp3) is 0.400. The highest BCUT2D eigenvalue weighted by molar-refractivity contribution is 5.85. The molecule has 3 unspecified atom stereocenters. The van der Waals surface area contributed by atoms with E-state index in [1.165, 1.54) is 6.07 Å². The molecule has 0 bridgehead atoms. The number of nitrogens with zero attached hydrogens (tertiary/aromatic N) is 2. The van der Waals surface area contributed by atoms with Crippen molar-refractivity contribution >= 4 is 12.4 Å². The third-order valence-electron chi connectivity index (χ3n) is 5.70. The Morgan fingerprint density at radius 1 is 1.19 bits per heavy atom. The number of imidazole rings is 1. The van der Waals surface area contributed by atoms with Crippen LogP contribution in [-0.4, -0.2) is 35.5 Å². The van der Waals surface area contributed by atoms with Crippen LogP contribution in [-0.2, 0) is 20.8 Å². The van der Waals surface area contributed by atoms with Crippen molar-refractivity contribution in [3.05, 3.63) is 83.7 Å². The number of hydrogen-bond acceptors (Lipinski definition) is 4. The zero-order chi connectivity index (χ0) is 21.8. The summed E-state index contributed by atoms with van der Waals surface area (Å²) in [4.78, 5) is 4.35. The predicted molar refractivity (Wildman–Crippen MR) is 124 cm³/mol. The lowest BCUT2D eigenvalue weighted by Crippen LogP contribution is -2.42. The molecular weight excluding hydrogens is 431 g/mol. The van der Waals surface area contributed by atoms with Crippen molar-refractivity contribution < 1.29 is 18.6 Å². The SMILES string of the molecule is COC1CCOC(c2ccccc2)C1OCc1ccc(-n2ccnc2C(C)C)c(F)c1.Cl. The van der Waals surface area contributed by atoms with Crippen LogP contribution in [0.5, 0.6) is 0 Å². The van der Waals surface area contributed by atoms with Crippen molar-refractivity contribution in [1.29, 1.82) is 0 Å². The summed E-state index contributed by atoms with van der Waals surface area (Å²) >= 11 is 0. The fourth-order valence-corrected chi connectivity index (χ4v) is 4.11. The van der Waals surface area contributed by atoms with E-state index < -0.39 is 0 Å². The number of rotatable bonds is 7. The average Bonchev–Trinajstić information content (AvgIpc) is 3.28. The van der Waals surface area contributed by atoms with E-state index in [2.05, 4.69) is 4.98 Å². The Morgan fingerprint density at radius 3 is 2.66 bits per heavy atom. The Morgan fingerprint density at radius 2 is 1.97 bits per heavy atom. The van der Waals surface area contributed by atoms with Gasteiger partial charge in [0, 0.05) is 25.4 Å².